The van der Waals surface area contributed by atoms with E-state index in [-0.39, 0.29) is 0 Å². The van der Waals surface area contributed by atoms with E-state index >= 15 is 0 Å². The lowest BCUT2D eigenvalue weighted by molar-refractivity contribution is 0.281. The molecule has 0 saturated carbocycles. The van der Waals surface area contributed by atoms with E-state index in [9.17, 15) is 0 Å². The third-order valence-electron chi connectivity index (χ3n) is 3.80. The van der Waals surface area contributed by atoms with Gasteiger partial charge in [-0.05, 0) is 36.8 Å². The van der Waals surface area contributed by atoms with E-state index in [4.69, 9.17) is 4.74 Å². The minimum Gasteiger partial charge on any atom is -0.493 e. The van der Waals surface area contributed by atoms with Crippen molar-refractivity contribution in [1.29, 1.82) is 0 Å². The zero-order chi connectivity index (χ0) is 13.1. The molecular weight excluding hydrogens is 222 g/mol. The summed E-state index contributed by atoms with van der Waals surface area (Å²) in [6.07, 6.45) is 2.30. The lowest BCUT2D eigenvalue weighted by atomic mass is 9.90. The molecule has 2 heteroatoms. The Balaban J connectivity index is 2.22. The molecule has 0 bridgehead atoms. The van der Waals surface area contributed by atoms with E-state index in [2.05, 4.69) is 51.2 Å². The van der Waals surface area contributed by atoms with Crippen LogP contribution in [0.4, 0.5) is 0 Å². The second-order valence-electron chi connectivity index (χ2n) is 5.69. The third-order valence-corrected chi connectivity index (χ3v) is 3.80. The van der Waals surface area contributed by atoms with Crippen LogP contribution in [0.2, 0.25) is 0 Å². The SMILES string of the molecule is CC(C)NC(C)C(C)c1cccc2c1OCCC2. The van der Waals surface area contributed by atoms with Gasteiger partial charge in [0.15, 0.2) is 0 Å². The molecule has 18 heavy (non-hydrogen) atoms. The van der Waals surface area contributed by atoms with Crippen molar-refractivity contribution in [3.63, 3.8) is 0 Å². The highest BCUT2D eigenvalue weighted by Gasteiger charge is 2.22. The number of nitrogens with one attached hydrogen (secondary N) is 1. The van der Waals surface area contributed by atoms with Gasteiger partial charge in [-0.3, -0.25) is 0 Å². The Labute approximate surface area is 111 Å². The highest BCUT2D eigenvalue weighted by Crippen LogP contribution is 2.35. The van der Waals surface area contributed by atoms with Crippen molar-refractivity contribution in [3.05, 3.63) is 29.3 Å². The summed E-state index contributed by atoms with van der Waals surface area (Å²) in [6, 6.07) is 7.56. The lowest BCUT2D eigenvalue weighted by Gasteiger charge is -2.28. The number of para-hydroxylation sites is 1. The molecule has 0 spiro atoms. The molecule has 1 N–H and O–H groups in total. The fourth-order valence-corrected chi connectivity index (χ4v) is 2.71. The van der Waals surface area contributed by atoms with Gasteiger partial charge in [0, 0.05) is 12.1 Å². The molecule has 1 heterocycles. The Morgan fingerprint density at radius 1 is 1.17 bits per heavy atom. The predicted molar refractivity (Wildman–Crippen MR) is 76.4 cm³/mol. The molecule has 0 saturated heterocycles. The standard InChI is InChI=1S/C16H25NO/c1-11(2)17-13(4)12(3)15-9-5-7-14-8-6-10-18-16(14)15/h5,7,9,11-13,17H,6,8,10H2,1-4H3. The summed E-state index contributed by atoms with van der Waals surface area (Å²) in [5.74, 6) is 1.62. The first kappa shape index (κ1) is 13.4. The van der Waals surface area contributed by atoms with Crippen LogP contribution in [0, 0.1) is 0 Å². The monoisotopic (exact) mass is 247 g/mol. The minimum atomic E-state index is 0.460. The molecule has 0 fully saturated rings. The summed E-state index contributed by atoms with van der Waals surface area (Å²) in [6.45, 7) is 9.80. The van der Waals surface area contributed by atoms with Crippen molar-refractivity contribution in [3.8, 4) is 5.75 Å². The maximum absolute atomic E-state index is 5.90. The fraction of sp³-hybridized carbons (Fsp3) is 0.625. The minimum absolute atomic E-state index is 0.460. The number of aryl methyl sites for hydroxylation is 1. The van der Waals surface area contributed by atoms with Crippen molar-refractivity contribution in [2.45, 2.75) is 58.5 Å². The van der Waals surface area contributed by atoms with Crippen LogP contribution in [0.25, 0.3) is 0 Å². The van der Waals surface area contributed by atoms with Gasteiger partial charge in [0.1, 0.15) is 5.75 Å². The first-order chi connectivity index (χ1) is 8.59. The number of hydrogen-bond acceptors (Lipinski definition) is 2. The van der Waals surface area contributed by atoms with E-state index in [1.165, 1.54) is 11.1 Å². The van der Waals surface area contributed by atoms with E-state index < -0.39 is 0 Å². The molecular formula is C16H25NO. The molecule has 2 nitrogen and oxygen atoms in total. The average Bonchev–Trinajstić information content (AvgIpc) is 2.36. The third kappa shape index (κ3) is 2.86. The maximum Gasteiger partial charge on any atom is 0.125 e. The van der Waals surface area contributed by atoms with Crippen molar-refractivity contribution >= 4 is 0 Å². The van der Waals surface area contributed by atoms with Crippen molar-refractivity contribution in [1.82, 2.24) is 5.32 Å². The van der Waals surface area contributed by atoms with Gasteiger partial charge in [0.25, 0.3) is 0 Å². The van der Waals surface area contributed by atoms with Crippen molar-refractivity contribution in [2.75, 3.05) is 6.61 Å². The summed E-state index contributed by atoms with van der Waals surface area (Å²) in [4.78, 5) is 0. The molecule has 0 amide bonds. The maximum atomic E-state index is 5.90. The summed E-state index contributed by atoms with van der Waals surface area (Å²) >= 11 is 0. The number of benzene rings is 1. The van der Waals surface area contributed by atoms with Gasteiger partial charge in [-0.2, -0.15) is 0 Å². The Morgan fingerprint density at radius 3 is 2.67 bits per heavy atom. The number of hydrogen-bond donors (Lipinski definition) is 1. The topological polar surface area (TPSA) is 21.3 Å². The molecule has 100 valence electrons. The van der Waals surface area contributed by atoms with Gasteiger partial charge in [-0.25, -0.2) is 0 Å². The molecule has 0 aromatic heterocycles. The van der Waals surface area contributed by atoms with E-state index in [0.29, 0.717) is 18.0 Å². The first-order valence-corrected chi connectivity index (χ1v) is 7.10. The highest BCUT2D eigenvalue weighted by molar-refractivity contribution is 5.45. The van der Waals surface area contributed by atoms with Gasteiger partial charge in [0.2, 0.25) is 0 Å². The van der Waals surface area contributed by atoms with Gasteiger partial charge in [0.05, 0.1) is 6.61 Å². The summed E-state index contributed by atoms with van der Waals surface area (Å²) in [5, 5.41) is 3.59. The van der Waals surface area contributed by atoms with Crippen molar-refractivity contribution in [2.24, 2.45) is 0 Å². The molecule has 1 aromatic carbocycles. The molecule has 1 aliphatic rings. The fourth-order valence-electron chi connectivity index (χ4n) is 2.71. The van der Waals surface area contributed by atoms with Crippen LogP contribution in [0.3, 0.4) is 0 Å². The zero-order valence-electron chi connectivity index (χ0n) is 12.0. The average molecular weight is 247 g/mol. The van der Waals surface area contributed by atoms with E-state index in [1.54, 1.807) is 0 Å². The zero-order valence-corrected chi connectivity index (χ0v) is 12.0. The second kappa shape index (κ2) is 5.75. The Hall–Kier alpha value is -1.02. The molecule has 1 aliphatic heterocycles. The van der Waals surface area contributed by atoms with Crippen molar-refractivity contribution < 1.29 is 4.74 Å². The Bertz CT molecular complexity index is 400. The molecule has 2 unspecified atom stereocenters. The molecule has 0 radical (unpaired) electrons. The van der Waals surface area contributed by atoms with Gasteiger partial charge < -0.3 is 10.1 Å². The number of fused-ring (bicyclic) bond motifs is 1. The molecule has 2 atom stereocenters. The summed E-state index contributed by atoms with van der Waals surface area (Å²) < 4.78 is 5.90. The number of rotatable bonds is 4. The van der Waals surface area contributed by atoms with Gasteiger partial charge in [-0.15, -0.1) is 0 Å². The van der Waals surface area contributed by atoms with Crippen LogP contribution in [0.1, 0.15) is 51.2 Å². The Morgan fingerprint density at radius 2 is 1.94 bits per heavy atom. The first-order valence-electron chi connectivity index (χ1n) is 7.10. The second-order valence-corrected chi connectivity index (χ2v) is 5.69. The lowest BCUT2D eigenvalue weighted by Crippen LogP contribution is -2.36. The van der Waals surface area contributed by atoms with E-state index in [0.717, 1.165) is 25.2 Å². The Kier molecular flexibility index (Phi) is 4.28. The molecule has 0 aliphatic carbocycles. The summed E-state index contributed by atoms with van der Waals surface area (Å²) in [5.41, 5.74) is 2.73. The van der Waals surface area contributed by atoms with E-state index in [1.807, 2.05) is 0 Å². The van der Waals surface area contributed by atoms with Crippen LogP contribution in [-0.2, 0) is 6.42 Å². The van der Waals surface area contributed by atoms with Gasteiger partial charge >= 0.3 is 0 Å². The predicted octanol–water partition coefficient (Wildman–Crippen LogP) is 3.50. The number of ether oxygens (including phenoxy) is 1. The van der Waals surface area contributed by atoms with Crippen LogP contribution in [-0.4, -0.2) is 18.7 Å². The van der Waals surface area contributed by atoms with Crippen LogP contribution in [0.5, 0.6) is 5.75 Å². The quantitative estimate of drug-likeness (QED) is 0.879. The summed E-state index contributed by atoms with van der Waals surface area (Å²) in [7, 11) is 0. The molecule has 1 aromatic rings. The van der Waals surface area contributed by atoms with Crippen LogP contribution in [0.15, 0.2) is 18.2 Å². The van der Waals surface area contributed by atoms with Crippen LogP contribution < -0.4 is 10.1 Å². The smallest absolute Gasteiger partial charge is 0.125 e. The molecule has 2 rings (SSSR count). The van der Waals surface area contributed by atoms with Gasteiger partial charge in [-0.1, -0.05) is 39.0 Å². The highest BCUT2D eigenvalue weighted by atomic mass is 16.5. The largest absolute Gasteiger partial charge is 0.493 e. The van der Waals surface area contributed by atoms with Crippen LogP contribution >= 0.6 is 0 Å². The normalized spacial score (nSPS) is 18.1.